The minimum atomic E-state index is -0.336. The molecule has 0 aliphatic carbocycles. The van der Waals surface area contributed by atoms with E-state index in [1.54, 1.807) is 13.0 Å². The van der Waals surface area contributed by atoms with Gasteiger partial charge in [-0.15, -0.1) is 12.4 Å². The smallest absolute Gasteiger partial charge is 0.162 e. The van der Waals surface area contributed by atoms with Crippen LogP contribution in [0.1, 0.15) is 24.1 Å². The maximum atomic E-state index is 9.66. The molecule has 0 spiro atoms. The van der Waals surface area contributed by atoms with Crippen molar-refractivity contribution < 1.29 is 9.84 Å². The second-order valence-electron chi connectivity index (χ2n) is 3.02. The lowest BCUT2D eigenvalue weighted by molar-refractivity contribution is 0.369. The molecule has 1 aromatic carbocycles. The Hall–Kier alpha value is -1.44. The molecule has 1 rings (SSSR count). The molecule has 1 aromatic rings. The van der Waals surface area contributed by atoms with E-state index in [1.807, 2.05) is 6.07 Å². The molecule has 0 bridgehead atoms. The van der Waals surface area contributed by atoms with Crippen LogP contribution in [0.15, 0.2) is 12.1 Å². The fraction of sp³-hybridized carbons (Fsp3) is 0.300. The minimum Gasteiger partial charge on any atom is -0.504 e. The summed E-state index contributed by atoms with van der Waals surface area (Å²) >= 11 is 0. The maximum Gasteiger partial charge on any atom is 0.162 e. The van der Waals surface area contributed by atoms with Crippen LogP contribution in [0.4, 0.5) is 0 Å². The van der Waals surface area contributed by atoms with Crippen LogP contribution < -0.4 is 10.5 Å². The van der Waals surface area contributed by atoms with Crippen LogP contribution in [0.3, 0.4) is 0 Å². The summed E-state index contributed by atoms with van der Waals surface area (Å²) in [5.41, 5.74) is 6.57. The fourth-order valence-electron chi connectivity index (χ4n) is 1.20. The average Bonchev–Trinajstić information content (AvgIpc) is 2.17. The summed E-state index contributed by atoms with van der Waals surface area (Å²) in [5, 5.41) is 18.4. The molecule has 0 amide bonds. The van der Waals surface area contributed by atoms with Crippen LogP contribution in [-0.4, -0.2) is 12.2 Å². The summed E-state index contributed by atoms with van der Waals surface area (Å²) < 4.78 is 4.92. The molecule has 1 atom stereocenters. The second kappa shape index (κ2) is 5.44. The zero-order valence-corrected chi connectivity index (χ0v) is 9.34. The molecule has 0 heterocycles. The summed E-state index contributed by atoms with van der Waals surface area (Å²) in [6.45, 7) is 1.73. The Morgan fingerprint density at radius 2 is 2.13 bits per heavy atom. The molecule has 0 unspecified atom stereocenters. The quantitative estimate of drug-likeness (QED) is 0.808. The number of nitrogens with zero attached hydrogens (tertiary/aromatic N) is 1. The summed E-state index contributed by atoms with van der Waals surface area (Å²) in [6.07, 6.45) is 0. The van der Waals surface area contributed by atoms with Gasteiger partial charge in [-0.05, 0) is 13.0 Å². The molecular formula is C10H13ClN2O2. The summed E-state index contributed by atoms with van der Waals surface area (Å²) in [5.74, 6) is 0.276. The van der Waals surface area contributed by atoms with Crippen molar-refractivity contribution in [2.45, 2.75) is 13.0 Å². The molecule has 3 N–H and O–H groups in total. The van der Waals surface area contributed by atoms with Gasteiger partial charge in [0.15, 0.2) is 11.5 Å². The number of rotatable bonds is 2. The number of halogens is 1. The van der Waals surface area contributed by atoms with Crippen molar-refractivity contribution in [3.05, 3.63) is 23.3 Å². The van der Waals surface area contributed by atoms with Crippen molar-refractivity contribution in [1.29, 1.82) is 5.26 Å². The summed E-state index contributed by atoms with van der Waals surface area (Å²) in [4.78, 5) is 0. The topological polar surface area (TPSA) is 79.3 Å². The number of hydrogen-bond acceptors (Lipinski definition) is 4. The molecule has 5 heteroatoms. The number of nitrogens with two attached hydrogens (primary N) is 1. The molecule has 15 heavy (non-hydrogen) atoms. The van der Waals surface area contributed by atoms with Crippen molar-refractivity contribution in [3.8, 4) is 17.6 Å². The number of phenols is 1. The van der Waals surface area contributed by atoms with E-state index >= 15 is 0 Å². The van der Waals surface area contributed by atoms with Gasteiger partial charge in [0.1, 0.15) is 0 Å². The van der Waals surface area contributed by atoms with Gasteiger partial charge >= 0.3 is 0 Å². The van der Waals surface area contributed by atoms with E-state index in [0.717, 1.165) is 0 Å². The first-order valence-corrected chi connectivity index (χ1v) is 4.16. The molecule has 0 aliphatic rings. The lowest BCUT2D eigenvalue weighted by Crippen LogP contribution is -2.06. The Balaban J connectivity index is 0.00000196. The first-order chi connectivity index (χ1) is 6.60. The minimum absolute atomic E-state index is 0. The number of methoxy groups -OCH3 is 1. The van der Waals surface area contributed by atoms with Crippen molar-refractivity contribution in [1.82, 2.24) is 0 Å². The highest BCUT2D eigenvalue weighted by Gasteiger charge is 2.13. The lowest BCUT2D eigenvalue weighted by Gasteiger charge is -2.11. The molecule has 0 saturated heterocycles. The number of aromatic hydroxyl groups is 1. The first-order valence-electron chi connectivity index (χ1n) is 4.16. The van der Waals surface area contributed by atoms with Crippen molar-refractivity contribution >= 4 is 12.4 Å². The molecule has 82 valence electrons. The van der Waals surface area contributed by atoms with E-state index in [0.29, 0.717) is 11.1 Å². The Morgan fingerprint density at radius 1 is 1.53 bits per heavy atom. The Morgan fingerprint density at radius 3 is 2.53 bits per heavy atom. The van der Waals surface area contributed by atoms with E-state index in [-0.39, 0.29) is 29.9 Å². The normalized spacial score (nSPS) is 11.1. The highest BCUT2D eigenvalue weighted by Crippen LogP contribution is 2.33. The van der Waals surface area contributed by atoms with Crippen LogP contribution >= 0.6 is 12.4 Å². The number of hydrogen-bond donors (Lipinski definition) is 2. The molecule has 0 aromatic heterocycles. The molecule has 0 radical (unpaired) electrons. The third kappa shape index (κ3) is 2.75. The van der Waals surface area contributed by atoms with Gasteiger partial charge in [0.25, 0.3) is 0 Å². The van der Waals surface area contributed by atoms with Crippen molar-refractivity contribution in [2.75, 3.05) is 7.11 Å². The van der Waals surface area contributed by atoms with E-state index < -0.39 is 0 Å². The maximum absolute atomic E-state index is 9.66. The van der Waals surface area contributed by atoms with Crippen molar-refractivity contribution in [2.24, 2.45) is 5.73 Å². The Labute approximate surface area is 94.7 Å². The van der Waals surface area contributed by atoms with Crippen LogP contribution in [-0.2, 0) is 0 Å². The van der Waals surface area contributed by atoms with Gasteiger partial charge in [0, 0.05) is 17.7 Å². The second-order valence-corrected chi connectivity index (χ2v) is 3.02. The van der Waals surface area contributed by atoms with Crippen LogP contribution in [0.2, 0.25) is 0 Å². The van der Waals surface area contributed by atoms with E-state index in [4.69, 9.17) is 15.7 Å². The Bertz CT molecular complexity index is 386. The van der Waals surface area contributed by atoms with Crippen LogP contribution in [0.5, 0.6) is 11.5 Å². The van der Waals surface area contributed by atoms with E-state index in [9.17, 15) is 5.11 Å². The predicted octanol–water partition coefficient (Wildman–Crippen LogP) is 1.71. The average molecular weight is 229 g/mol. The third-order valence-corrected chi connectivity index (χ3v) is 1.94. The van der Waals surface area contributed by atoms with Crippen LogP contribution in [0.25, 0.3) is 0 Å². The molecule has 0 saturated carbocycles. The largest absolute Gasteiger partial charge is 0.504 e. The van der Waals surface area contributed by atoms with Gasteiger partial charge in [-0.3, -0.25) is 0 Å². The SMILES string of the molecule is COc1cc(C#N)cc([C@H](C)N)c1O.Cl. The van der Waals surface area contributed by atoms with E-state index in [2.05, 4.69) is 0 Å². The highest BCUT2D eigenvalue weighted by atomic mass is 35.5. The van der Waals surface area contributed by atoms with Gasteiger partial charge in [-0.2, -0.15) is 5.26 Å². The molecule has 0 fully saturated rings. The van der Waals surface area contributed by atoms with Gasteiger partial charge in [-0.25, -0.2) is 0 Å². The van der Waals surface area contributed by atoms with Crippen LogP contribution in [0, 0.1) is 11.3 Å². The fourth-order valence-corrected chi connectivity index (χ4v) is 1.20. The number of benzene rings is 1. The first kappa shape index (κ1) is 13.6. The predicted molar refractivity (Wildman–Crippen MR) is 59.2 cm³/mol. The number of nitriles is 1. The van der Waals surface area contributed by atoms with Crippen molar-refractivity contribution in [3.63, 3.8) is 0 Å². The lowest BCUT2D eigenvalue weighted by atomic mass is 10.0. The standard InChI is InChI=1S/C10H12N2O2.ClH/c1-6(12)8-3-7(5-11)4-9(14-2)10(8)13;/h3-4,6,13H,12H2,1-2H3;1H/t6-;/m0./s1. The van der Waals surface area contributed by atoms with Gasteiger partial charge in [0.2, 0.25) is 0 Å². The Kier molecular flexibility index (Phi) is 4.92. The number of phenolic OH excluding ortho intramolecular Hbond substituents is 1. The highest BCUT2D eigenvalue weighted by molar-refractivity contribution is 5.85. The third-order valence-electron chi connectivity index (χ3n) is 1.94. The molecular weight excluding hydrogens is 216 g/mol. The zero-order chi connectivity index (χ0) is 10.7. The zero-order valence-electron chi connectivity index (χ0n) is 8.52. The summed E-state index contributed by atoms with van der Waals surface area (Å²) in [7, 11) is 1.43. The summed E-state index contributed by atoms with van der Waals surface area (Å²) in [6, 6.07) is 4.67. The molecule has 0 aliphatic heterocycles. The number of ether oxygens (including phenoxy) is 1. The van der Waals surface area contributed by atoms with Gasteiger partial charge in [0.05, 0.1) is 18.7 Å². The van der Waals surface area contributed by atoms with Gasteiger partial charge < -0.3 is 15.6 Å². The molecule has 4 nitrogen and oxygen atoms in total. The monoisotopic (exact) mass is 228 g/mol. The van der Waals surface area contributed by atoms with Gasteiger partial charge in [-0.1, -0.05) is 0 Å². The van der Waals surface area contributed by atoms with E-state index in [1.165, 1.54) is 13.2 Å².